The summed E-state index contributed by atoms with van der Waals surface area (Å²) in [5, 5.41) is 23.4. The summed E-state index contributed by atoms with van der Waals surface area (Å²) < 4.78 is 30.3. The zero-order valence-corrected chi connectivity index (χ0v) is 20.3. The van der Waals surface area contributed by atoms with Crippen LogP contribution in [0.15, 0.2) is 36.2 Å². The largest absolute Gasteiger partial charge is 0.321 e. The third-order valence-electron chi connectivity index (χ3n) is 5.97. The number of hydrogen-bond acceptors (Lipinski definition) is 9. The average Bonchev–Trinajstić information content (AvgIpc) is 3.56. The van der Waals surface area contributed by atoms with E-state index >= 15 is 0 Å². The maximum atomic E-state index is 12.2. The van der Waals surface area contributed by atoms with Crippen LogP contribution in [-0.4, -0.2) is 61.1 Å². The molecule has 1 aliphatic heterocycles. The third-order valence-corrected chi connectivity index (χ3v) is 8.65. The first-order valence-electron chi connectivity index (χ1n) is 10.8. The van der Waals surface area contributed by atoms with E-state index in [1.807, 2.05) is 35.4 Å². The van der Waals surface area contributed by atoms with Crippen LogP contribution in [0.4, 0.5) is 11.6 Å². The fourth-order valence-electron chi connectivity index (χ4n) is 4.02. The molecule has 0 radical (unpaired) electrons. The molecule has 5 heterocycles. The van der Waals surface area contributed by atoms with Crippen molar-refractivity contribution in [1.82, 2.24) is 33.8 Å². The Morgan fingerprint density at radius 1 is 1.21 bits per heavy atom. The molecule has 0 saturated carbocycles. The van der Waals surface area contributed by atoms with Crippen LogP contribution < -0.4 is 5.32 Å². The summed E-state index contributed by atoms with van der Waals surface area (Å²) in [7, 11) is -3.31. The van der Waals surface area contributed by atoms with E-state index in [0.29, 0.717) is 5.95 Å². The number of thiophene rings is 1. The molecule has 11 nitrogen and oxygen atoms in total. The second kappa shape index (κ2) is 8.46. The van der Waals surface area contributed by atoms with Crippen LogP contribution in [0.1, 0.15) is 20.3 Å². The van der Waals surface area contributed by atoms with Gasteiger partial charge in [0.1, 0.15) is 5.54 Å². The lowest BCUT2D eigenvalue weighted by molar-refractivity contribution is 0.0719. The van der Waals surface area contributed by atoms with E-state index in [1.54, 1.807) is 24.0 Å². The van der Waals surface area contributed by atoms with Gasteiger partial charge in [-0.15, -0.1) is 11.3 Å². The fraction of sp³-hybridized carbons (Fsp3) is 0.381. The minimum absolute atomic E-state index is 0.0320. The number of sulfonamides is 1. The Kier molecular flexibility index (Phi) is 5.59. The van der Waals surface area contributed by atoms with Gasteiger partial charge in [-0.1, -0.05) is 0 Å². The molecule has 0 aromatic carbocycles. The van der Waals surface area contributed by atoms with Gasteiger partial charge in [0, 0.05) is 37.6 Å². The maximum absolute atomic E-state index is 12.2. The van der Waals surface area contributed by atoms with Gasteiger partial charge >= 0.3 is 0 Å². The summed E-state index contributed by atoms with van der Waals surface area (Å²) in [4.78, 5) is 9.37. The highest BCUT2D eigenvalue weighted by Gasteiger charge is 2.49. The highest BCUT2D eigenvalue weighted by atomic mass is 32.2. The first-order valence-corrected chi connectivity index (χ1v) is 13.3. The molecule has 0 unspecified atom stereocenters. The minimum atomic E-state index is -3.31. The zero-order valence-electron chi connectivity index (χ0n) is 18.7. The van der Waals surface area contributed by atoms with Crippen molar-refractivity contribution in [2.24, 2.45) is 0 Å². The van der Waals surface area contributed by atoms with Crippen LogP contribution in [0.2, 0.25) is 0 Å². The van der Waals surface area contributed by atoms with Crippen molar-refractivity contribution in [3.05, 3.63) is 36.2 Å². The molecule has 1 aliphatic rings. The second-order valence-electron chi connectivity index (χ2n) is 8.14. The highest BCUT2D eigenvalue weighted by molar-refractivity contribution is 7.89. The van der Waals surface area contributed by atoms with Gasteiger partial charge in [0.2, 0.25) is 16.0 Å². The lowest BCUT2D eigenvalue weighted by atomic mass is 9.89. The fourth-order valence-corrected chi connectivity index (χ4v) is 6.11. The van der Waals surface area contributed by atoms with Crippen molar-refractivity contribution in [2.45, 2.75) is 32.4 Å². The third kappa shape index (κ3) is 3.83. The summed E-state index contributed by atoms with van der Waals surface area (Å²) in [6, 6.07) is 4.13. The Morgan fingerprint density at radius 3 is 2.74 bits per heavy atom. The molecule has 0 atom stereocenters. The number of nitrogens with zero attached hydrogens (tertiary/aromatic N) is 8. The molecule has 5 rings (SSSR count). The number of aryl methyl sites for hydroxylation is 1. The molecule has 0 amide bonds. The maximum Gasteiger partial charge on any atom is 0.228 e. The van der Waals surface area contributed by atoms with Gasteiger partial charge in [0.25, 0.3) is 0 Å². The molecule has 0 bridgehead atoms. The van der Waals surface area contributed by atoms with E-state index in [-0.39, 0.29) is 25.3 Å². The smallest absolute Gasteiger partial charge is 0.228 e. The standard InChI is InChI=1S/C21H23N9O2S2/c1-3-28-12-16(10-23-28)25-20-26-17-5-8-33-19(17)18(27-20)15-9-24-30(11-15)21(6-7-22)13-29(14-21)34(31,32)4-2/h5,8-12H,3-4,6,13-14H2,1-2H3,(H,25,26,27). The molecule has 4 aromatic heterocycles. The van der Waals surface area contributed by atoms with E-state index in [1.165, 1.54) is 15.6 Å². The highest BCUT2D eigenvalue weighted by Crippen LogP contribution is 2.37. The first kappa shape index (κ1) is 22.5. The molecule has 1 N–H and O–H groups in total. The van der Waals surface area contributed by atoms with Crippen LogP contribution in [0.25, 0.3) is 21.5 Å². The van der Waals surface area contributed by atoms with Gasteiger partial charge in [0.15, 0.2) is 0 Å². The predicted octanol–water partition coefficient (Wildman–Crippen LogP) is 2.79. The SMILES string of the molecule is CCn1cc(Nc2nc(-c3cnn(C4(CC#N)CN(S(=O)(=O)CC)C4)c3)c3sccc3n2)cn1. The summed E-state index contributed by atoms with van der Waals surface area (Å²) in [5.41, 5.74) is 2.41. The Labute approximate surface area is 200 Å². The van der Waals surface area contributed by atoms with Gasteiger partial charge < -0.3 is 5.32 Å². The van der Waals surface area contributed by atoms with E-state index in [9.17, 15) is 13.7 Å². The molecule has 0 spiro atoms. The van der Waals surface area contributed by atoms with Gasteiger partial charge in [-0.25, -0.2) is 18.4 Å². The molecule has 1 saturated heterocycles. The Morgan fingerprint density at radius 2 is 2.03 bits per heavy atom. The number of fused-ring (bicyclic) bond motifs is 1. The molecule has 13 heteroatoms. The van der Waals surface area contributed by atoms with Crippen LogP contribution in [-0.2, 0) is 22.1 Å². The van der Waals surface area contributed by atoms with Crippen LogP contribution in [0.3, 0.4) is 0 Å². The Hall–Kier alpha value is -3.34. The minimum Gasteiger partial charge on any atom is -0.321 e. The van der Waals surface area contributed by atoms with E-state index in [0.717, 1.165) is 33.7 Å². The Bertz CT molecular complexity index is 1490. The molecule has 4 aromatic rings. The van der Waals surface area contributed by atoms with Crippen molar-refractivity contribution in [3.8, 4) is 17.3 Å². The predicted molar refractivity (Wildman–Crippen MR) is 129 cm³/mol. The monoisotopic (exact) mass is 497 g/mol. The summed E-state index contributed by atoms with van der Waals surface area (Å²) >= 11 is 1.54. The van der Waals surface area contributed by atoms with Gasteiger partial charge in [-0.05, 0) is 25.3 Å². The van der Waals surface area contributed by atoms with Crippen LogP contribution in [0.5, 0.6) is 0 Å². The van der Waals surface area contributed by atoms with Gasteiger partial charge in [0.05, 0.1) is 52.2 Å². The normalized spacial score (nSPS) is 15.8. The van der Waals surface area contributed by atoms with Gasteiger partial charge in [-0.3, -0.25) is 9.36 Å². The number of nitrogens with one attached hydrogen (secondary N) is 1. The summed E-state index contributed by atoms with van der Waals surface area (Å²) in [5.74, 6) is 0.476. The quantitative estimate of drug-likeness (QED) is 0.393. The number of hydrogen-bond donors (Lipinski definition) is 1. The molecule has 1 fully saturated rings. The zero-order chi connectivity index (χ0) is 23.9. The van der Waals surface area contributed by atoms with Gasteiger partial charge in [-0.2, -0.15) is 19.8 Å². The van der Waals surface area contributed by atoms with Crippen molar-refractivity contribution < 1.29 is 8.42 Å². The van der Waals surface area contributed by atoms with Crippen LogP contribution in [0, 0.1) is 11.3 Å². The lowest BCUT2D eigenvalue weighted by Gasteiger charge is -2.47. The first-order chi connectivity index (χ1) is 16.4. The van der Waals surface area contributed by atoms with Crippen LogP contribution >= 0.6 is 11.3 Å². The topological polar surface area (TPSA) is 135 Å². The lowest BCUT2D eigenvalue weighted by Crippen LogP contribution is -2.64. The molecule has 34 heavy (non-hydrogen) atoms. The second-order valence-corrected chi connectivity index (χ2v) is 11.3. The molecule has 0 aliphatic carbocycles. The number of rotatable bonds is 8. The molecule has 176 valence electrons. The molecular formula is C21H23N9O2S2. The van der Waals surface area contributed by atoms with Crippen molar-refractivity contribution in [1.29, 1.82) is 5.26 Å². The van der Waals surface area contributed by atoms with Crippen molar-refractivity contribution in [2.75, 3.05) is 24.2 Å². The number of nitriles is 1. The number of aromatic nitrogens is 6. The van der Waals surface area contributed by atoms with E-state index < -0.39 is 15.6 Å². The Balaban J connectivity index is 1.48. The van der Waals surface area contributed by atoms with E-state index in [4.69, 9.17) is 4.98 Å². The van der Waals surface area contributed by atoms with E-state index in [2.05, 4.69) is 26.6 Å². The van der Waals surface area contributed by atoms with Crippen molar-refractivity contribution >= 4 is 43.2 Å². The molecular weight excluding hydrogens is 474 g/mol. The number of anilines is 2. The summed E-state index contributed by atoms with van der Waals surface area (Å²) in [6.45, 7) is 4.84. The summed E-state index contributed by atoms with van der Waals surface area (Å²) in [6.07, 6.45) is 7.32. The average molecular weight is 498 g/mol. The van der Waals surface area contributed by atoms with Crippen molar-refractivity contribution in [3.63, 3.8) is 0 Å².